The average molecular weight is 573 g/mol. The van der Waals surface area contributed by atoms with Gasteiger partial charge in [-0.3, -0.25) is 9.52 Å². The van der Waals surface area contributed by atoms with Crippen LogP contribution in [0.1, 0.15) is 46.8 Å². The molecular weight excluding hydrogens is 540 g/mol. The van der Waals surface area contributed by atoms with E-state index in [-0.39, 0.29) is 11.5 Å². The molecule has 0 bridgehead atoms. The number of carbonyl (C=O) groups excluding carboxylic acids is 1. The highest BCUT2D eigenvalue weighted by atomic mass is 35.5. The van der Waals surface area contributed by atoms with E-state index in [1.165, 1.54) is 0 Å². The first-order chi connectivity index (χ1) is 18.4. The van der Waals surface area contributed by atoms with Gasteiger partial charge in [0, 0.05) is 22.9 Å². The number of nitrogens with one attached hydrogen (secondary N) is 2. The van der Waals surface area contributed by atoms with Crippen molar-refractivity contribution in [2.45, 2.75) is 51.5 Å². The van der Waals surface area contributed by atoms with Crippen LogP contribution >= 0.6 is 11.6 Å². The van der Waals surface area contributed by atoms with E-state index < -0.39 is 27.9 Å². The van der Waals surface area contributed by atoms with Crippen molar-refractivity contribution in [3.8, 4) is 11.1 Å². The Balaban J connectivity index is 1.78. The minimum absolute atomic E-state index is 0.115. The number of aliphatic carboxylic acids is 1. The molecule has 0 aliphatic heterocycles. The van der Waals surface area contributed by atoms with Gasteiger partial charge in [-0.25, -0.2) is 13.2 Å². The number of hydrogen-bond donors (Lipinski definition) is 3. The van der Waals surface area contributed by atoms with Gasteiger partial charge in [-0.15, -0.1) is 0 Å². The molecule has 0 radical (unpaired) electrons. The van der Waals surface area contributed by atoms with Gasteiger partial charge in [0.25, 0.3) is 15.9 Å². The normalized spacial score (nSPS) is 12.1. The molecule has 208 valence electrons. The van der Waals surface area contributed by atoms with Crippen LogP contribution in [0.3, 0.4) is 0 Å². The highest BCUT2D eigenvalue weighted by Gasteiger charge is 2.22. The number of hydrogen-bond acceptors (Lipinski definition) is 5. The van der Waals surface area contributed by atoms with Crippen LogP contribution in [0.4, 0.5) is 5.69 Å². The second-order valence-electron chi connectivity index (χ2n) is 9.38. The fourth-order valence-electron chi connectivity index (χ4n) is 3.97. The zero-order valence-electron chi connectivity index (χ0n) is 22.4. The molecule has 3 N–H and O–H groups in total. The molecule has 0 saturated carbocycles. The minimum atomic E-state index is -3.86. The third-order valence-electron chi connectivity index (χ3n) is 6.20. The Labute approximate surface area is 234 Å². The van der Waals surface area contributed by atoms with Crippen LogP contribution in [0.2, 0.25) is 5.02 Å². The quantitative estimate of drug-likeness (QED) is 0.238. The molecule has 0 saturated heterocycles. The number of halogens is 1. The van der Waals surface area contributed by atoms with Crippen molar-refractivity contribution in [2.24, 2.45) is 0 Å². The molecule has 0 heterocycles. The number of rotatable bonds is 12. The van der Waals surface area contributed by atoms with Crippen LogP contribution in [0.15, 0.2) is 59.5 Å². The molecule has 3 aromatic rings. The standard InChI is InChI=1S/C29H33ClN2O6S/c1-5-6-12-38-17-26(29(34)35)31-28(33)24-11-10-22(13-18(24)2)21-8-7-9-23(16-21)32-39(36,37)27-15-19(3)25(30)14-20(27)4/h7-11,13-16,26,32H,5-6,12,17H2,1-4H3,(H,31,33)(H,34,35). The van der Waals surface area contributed by atoms with Crippen molar-refractivity contribution in [3.05, 3.63) is 81.9 Å². The van der Waals surface area contributed by atoms with Crippen LogP contribution < -0.4 is 10.0 Å². The maximum Gasteiger partial charge on any atom is 0.328 e. The van der Waals surface area contributed by atoms with Crippen LogP contribution in [-0.2, 0) is 19.6 Å². The molecule has 39 heavy (non-hydrogen) atoms. The predicted molar refractivity (Wildman–Crippen MR) is 153 cm³/mol. The van der Waals surface area contributed by atoms with Gasteiger partial charge in [-0.05, 0) is 85.3 Å². The van der Waals surface area contributed by atoms with Gasteiger partial charge in [0.2, 0.25) is 0 Å². The lowest BCUT2D eigenvalue weighted by Crippen LogP contribution is -2.44. The molecule has 8 nitrogen and oxygen atoms in total. The summed E-state index contributed by atoms with van der Waals surface area (Å²) in [5.74, 6) is -1.68. The summed E-state index contributed by atoms with van der Waals surface area (Å²) in [5, 5.41) is 12.5. The van der Waals surface area contributed by atoms with Crippen molar-refractivity contribution in [1.82, 2.24) is 5.32 Å². The molecule has 0 fully saturated rings. The number of benzene rings is 3. The zero-order valence-corrected chi connectivity index (χ0v) is 23.9. The summed E-state index contributed by atoms with van der Waals surface area (Å²) in [4.78, 5) is 24.5. The van der Waals surface area contributed by atoms with Crippen molar-refractivity contribution < 1.29 is 27.9 Å². The first-order valence-electron chi connectivity index (χ1n) is 12.5. The zero-order chi connectivity index (χ0) is 28.7. The maximum atomic E-state index is 13.1. The van der Waals surface area contributed by atoms with Crippen molar-refractivity contribution >= 4 is 39.2 Å². The fraction of sp³-hybridized carbons (Fsp3) is 0.310. The van der Waals surface area contributed by atoms with Crippen molar-refractivity contribution in [1.29, 1.82) is 0 Å². The SMILES string of the molecule is CCCCOCC(NC(=O)c1ccc(-c2cccc(NS(=O)(=O)c3cc(C)c(Cl)cc3C)c2)cc1C)C(=O)O. The van der Waals surface area contributed by atoms with E-state index in [1.807, 2.05) is 13.0 Å². The fourth-order valence-corrected chi connectivity index (χ4v) is 5.55. The number of unbranched alkanes of at least 4 members (excludes halogenated alkanes) is 1. The van der Waals surface area contributed by atoms with E-state index in [9.17, 15) is 23.1 Å². The Morgan fingerprint density at radius 1 is 0.974 bits per heavy atom. The number of aryl methyl sites for hydroxylation is 3. The van der Waals surface area contributed by atoms with Crippen molar-refractivity contribution in [2.75, 3.05) is 17.9 Å². The van der Waals surface area contributed by atoms with E-state index >= 15 is 0 Å². The maximum absolute atomic E-state index is 13.1. The van der Waals surface area contributed by atoms with Crippen LogP contribution in [0.25, 0.3) is 11.1 Å². The van der Waals surface area contributed by atoms with Gasteiger partial charge in [0.15, 0.2) is 6.04 Å². The first-order valence-corrected chi connectivity index (χ1v) is 14.4. The summed E-state index contributed by atoms with van der Waals surface area (Å²) in [7, 11) is -3.86. The van der Waals surface area contributed by atoms with Gasteiger partial charge in [0.1, 0.15) is 0 Å². The number of sulfonamides is 1. The first kappa shape index (κ1) is 30.1. The number of carboxylic acids is 1. The summed E-state index contributed by atoms with van der Waals surface area (Å²) in [6.45, 7) is 7.51. The highest BCUT2D eigenvalue weighted by molar-refractivity contribution is 7.92. The largest absolute Gasteiger partial charge is 0.480 e. The summed E-state index contributed by atoms with van der Waals surface area (Å²) in [6.07, 6.45) is 1.73. The molecule has 1 unspecified atom stereocenters. The third kappa shape index (κ3) is 7.81. The molecular formula is C29H33ClN2O6S. The van der Waals surface area contributed by atoms with Gasteiger partial charge < -0.3 is 15.2 Å². The van der Waals surface area contributed by atoms with Gasteiger partial charge in [-0.1, -0.05) is 49.2 Å². The highest BCUT2D eigenvalue weighted by Crippen LogP contribution is 2.28. The number of carboxylic acid groups (broad SMARTS) is 1. The van der Waals surface area contributed by atoms with Crippen LogP contribution in [-0.4, -0.2) is 44.7 Å². The number of ether oxygens (including phenoxy) is 1. The average Bonchev–Trinajstić information content (AvgIpc) is 2.87. The Hall–Kier alpha value is -3.40. The molecule has 10 heteroatoms. The molecule has 1 atom stereocenters. The predicted octanol–water partition coefficient (Wildman–Crippen LogP) is 5.73. The Kier molecular flexibility index (Phi) is 10.1. The van der Waals surface area contributed by atoms with E-state index in [2.05, 4.69) is 10.0 Å². The lowest BCUT2D eigenvalue weighted by molar-refractivity contribution is -0.140. The molecule has 0 spiro atoms. The van der Waals surface area contributed by atoms with Gasteiger partial charge >= 0.3 is 5.97 Å². The molecule has 3 aromatic carbocycles. The molecule has 1 amide bonds. The third-order valence-corrected chi connectivity index (χ3v) is 8.13. The van der Waals surface area contributed by atoms with Crippen LogP contribution in [0.5, 0.6) is 0 Å². The Bertz CT molecular complexity index is 1470. The molecule has 0 aliphatic carbocycles. The summed E-state index contributed by atoms with van der Waals surface area (Å²) in [6, 6.07) is 14.1. The van der Waals surface area contributed by atoms with E-state index in [0.29, 0.717) is 39.6 Å². The van der Waals surface area contributed by atoms with E-state index in [4.69, 9.17) is 16.3 Å². The molecule has 3 rings (SSSR count). The monoisotopic (exact) mass is 572 g/mol. The van der Waals surface area contributed by atoms with Gasteiger partial charge in [-0.2, -0.15) is 0 Å². The molecule has 0 aliphatic rings. The number of amides is 1. The summed E-state index contributed by atoms with van der Waals surface area (Å²) >= 11 is 6.13. The van der Waals surface area contributed by atoms with E-state index in [1.54, 1.807) is 69.3 Å². The lowest BCUT2D eigenvalue weighted by atomic mass is 9.99. The Morgan fingerprint density at radius 2 is 1.69 bits per heavy atom. The number of anilines is 1. The van der Waals surface area contributed by atoms with Crippen molar-refractivity contribution in [3.63, 3.8) is 0 Å². The van der Waals surface area contributed by atoms with Gasteiger partial charge in [0.05, 0.1) is 11.5 Å². The summed E-state index contributed by atoms with van der Waals surface area (Å²) in [5.41, 5.74) is 4.06. The topological polar surface area (TPSA) is 122 Å². The molecule has 0 aromatic heterocycles. The summed E-state index contributed by atoms with van der Waals surface area (Å²) < 4.78 is 34.2. The minimum Gasteiger partial charge on any atom is -0.480 e. The smallest absolute Gasteiger partial charge is 0.328 e. The second-order valence-corrected chi connectivity index (χ2v) is 11.4. The Morgan fingerprint density at radius 3 is 2.36 bits per heavy atom. The van der Waals surface area contributed by atoms with E-state index in [0.717, 1.165) is 24.0 Å². The lowest BCUT2D eigenvalue weighted by Gasteiger charge is -2.16. The number of carbonyl (C=O) groups is 2. The van der Waals surface area contributed by atoms with Crippen LogP contribution in [0, 0.1) is 20.8 Å². The second kappa shape index (κ2) is 13.1.